The maximum absolute atomic E-state index is 12.8. The van der Waals surface area contributed by atoms with E-state index in [0.29, 0.717) is 11.6 Å². The highest BCUT2D eigenvalue weighted by Crippen LogP contribution is 2.18. The van der Waals surface area contributed by atoms with E-state index < -0.39 is 10.0 Å². The van der Waals surface area contributed by atoms with Gasteiger partial charge in [0, 0.05) is 29.4 Å². The quantitative estimate of drug-likeness (QED) is 0.447. The first-order chi connectivity index (χ1) is 12.9. The van der Waals surface area contributed by atoms with Gasteiger partial charge < -0.3 is 5.32 Å². The first kappa shape index (κ1) is 21.7. The van der Waals surface area contributed by atoms with E-state index in [1.165, 1.54) is 24.3 Å². The van der Waals surface area contributed by atoms with Gasteiger partial charge >= 0.3 is 0 Å². The Morgan fingerprint density at radius 3 is 2.56 bits per heavy atom. The number of benzene rings is 2. The molecule has 2 rings (SSSR count). The molecule has 2 N–H and O–H groups in total. The van der Waals surface area contributed by atoms with E-state index in [9.17, 15) is 17.6 Å². The minimum Gasteiger partial charge on any atom is -0.356 e. The molecule has 2 aromatic carbocycles. The number of hydrogen-bond acceptors (Lipinski definition) is 4. The molecule has 5 nitrogen and oxygen atoms in total. The third-order valence-corrected chi connectivity index (χ3v) is 6.27. The number of thioether (sulfide) groups is 1. The van der Waals surface area contributed by atoms with Crippen LogP contribution in [0.1, 0.15) is 12.8 Å². The van der Waals surface area contributed by atoms with E-state index in [1.54, 1.807) is 36.0 Å². The molecule has 0 aliphatic rings. The molecule has 0 aliphatic carbocycles. The molecule has 0 saturated heterocycles. The molecule has 0 heterocycles. The Hall–Kier alpha value is -1.61. The minimum absolute atomic E-state index is 0.00497. The van der Waals surface area contributed by atoms with Gasteiger partial charge in [-0.2, -0.15) is 0 Å². The lowest BCUT2D eigenvalue weighted by Crippen LogP contribution is -2.31. The summed E-state index contributed by atoms with van der Waals surface area (Å²) in [6.07, 6.45) is 0.799. The SMILES string of the molecule is O=C(CCNS(=O)(=O)c1cccc(Cl)c1)NCCCSc1ccc(F)cc1. The largest absolute Gasteiger partial charge is 0.356 e. The average Bonchev–Trinajstić information content (AvgIpc) is 2.63. The van der Waals surface area contributed by atoms with Crippen molar-refractivity contribution in [3.05, 3.63) is 59.4 Å². The summed E-state index contributed by atoms with van der Waals surface area (Å²) in [5.74, 6) is 0.293. The van der Waals surface area contributed by atoms with Gasteiger partial charge in [0.1, 0.15) is 5.82 Å². The maximum Gasteiger partial charge on any atom is 0.240 e. The topological polar surface area (TPSA) is 75.3 Å². The van der Waals surface area contributed by atoms with Crippen LogP contribution in [0.4, 0.5) is 4.39 Å². The molecule has 0 unspecified atom stereocenters. The number of amides is 1. The number of carbonyl (C=O) groups excluding carboxylic acids is 1. The van der Waals surface area contributed by atoms with Crippen molar-refractivity contribution >= 4 is 39.3 Å². The number of rotatable bonds is 10. The highest BCUT2D eigenvalue weighted by molar-refractivity contribution is 7.99. The Kier molecular flexibility index (Phi) is 8.56. The van der Waals surface area contributed by atoms with Crippen LogP contribution in [-0.4, -0.2) is 33.2 Å². The molecule has 0 saturated carbocycles. The smallest absolute Gasteiger partial charge is 0.240 e. The first-order valence-corrected chi connectivity index (χ1v) is 11.1. The van der Waals surface area contributed by atoms with Crippen molar-refractivity contribution in [1.82, 2.24) is 10.0 Å². The molecule has 0 atom stereocenters. The summed E-state index contributed by atoms with van der Waals surface area (Å²) in [5, 5.41) is 3.07. The van der Waals surface area contributed by atoms with Gasteiger partial charge in [0.2, 0.25) is 15.9 Å². The molecule has 0 bridgehead atoms. The van der Waals surface area contributed by atoms with Crippen LogP contribution in [0.25, 0.3) is 0 Å². The lowest BCUT2D eigenvalue weighted by Gasteiger charge is -2.08. The van der Waals surface area contributed by atoms with Gasteiger partial charge in [-0.05, 0) is 54.6 Å². The number of carbonyl (C=O) groups is 1. The van der Waals surface area contributed by atoms with E-state index in [0.717, 1.165) is 17.1 Å². The second-order valence-corrected chi connectivity index (χ2v) is 8.98. The highest BCUT2D eigenvalue weighted by atomic mass is 35.5. The van der Waals surface area contributed by atoms with Gasteiger partial charge in [-0.3, -0.25) is 4.79 Å². The number of nitrogens with one attached hydrogen (secondary N) is 2. The van der Waals surface area contributed by atoms with Gasteiger partial charge in [0.15, 0.2) is 0 Å². The summed E-state index contributed by atoms with van der Waals surface area (Å²) < 4.78 is 39.4. The Balaban J connectivity index is 1.61. The molecule has 27 heavy (non-hydrogen) atoms. The van der Waals surface area contributed by atoms with Crippen molar-refractivity contribution < 1.29 is 17.6 Å². The Bertz CT molecular complexity index is 861. The van der Waals surface area contributed by atoms with E-state index in [-0.39, 0.29) is 29.6 Å². The summed E-state index contributed by atoms with van der Waals surface area (Å²) in [6, 6.07) is 12.2. The van der Waals surface area contributed by atoms with Crippen LogP contribution in [0.15, 0.2) is 58.3 Å². The fourth-order valence-corrected chi connectivity index (χ4v) is 4.31. The summed E-state index contributed by atoms with van der Waals surface area (Å²) in [6.45, 7) is 0.499. The molecule has 0 spiro atoms. The normalized spacial score (nSPS) is 11.3. The van der Waals surface area contributed by atoms with Crippen molar-refractivity contribution in [3.8, 4) is 0 Å². The van der Waals surface area contributed by atoms with Crippen LogP contribution in [0.3, 0.4) is 0 Å². The van der Waals surface area contributed by atoms with Crippen LogP contribution in [0.2, 0.25) is 5.02 Å². The predicted molar refractivity (Wildman–Crippen MR) is 106 cm³/mol. The second-order valence-electron chi connectivity index (χ2n) is 5.61. The molecule has 0 fully saturated rings. The van der Waals surface area contributed by atoms with Gasteiger partial charge in [-0.25, -0.2) is 17.5 Å². The van der Waals surface area contributed by atoms with Gasteiger partial charge in [0.05, 0.1) is 4.90 Å². The Labute approximate surface area is 167 Å². The molecular formula is C18H20ClFN2O3S2. The third kappa shape index (κ3) is 7.88. The molecule has 2 aromatic rings. The monoisotopic (exact) mass is 430 g/mol. The van der Waals surface area contributed by atoms with Gasteiger partial charge in [-0.1, -0.05) is 17.7 Å². The summed E-state index contributed by atoms with van der Waals surface area (Å²) in [4.78, 5) is 12.8. The fraction of sp³-hybridized carbons (Fsp3) is 0.278. The molecule has 0 aliphatic heterocycles. The van der Waals surface area contributed by atoms with Gasteiger partial charge in [-0.15, -0.1) is 11.8 Å². The van der Waals surface area contributed by atoms with Crippen LogP contribution in [0, 0.1) is 5.82 Å². The lowest BCUT2D eigenvalue weighted by atomic mass is 10.3. The molecule has 0 radical (unpaired) electrons. The molecule has 9 heteroatoms. The lowest BCUT2D eigenvalue weighted by molar-refractivity contribution is -0.120. The highest BCUT2D eigenvalue weighted by Gasteiger charge is 2.14. The van der Waals surface area contributed by atoms with E-state index >= 15 is 0 Å². The Morgan fingerprint density at radius 2 is 1.85 bits per heavy atom. The van der Waals surface area contributed by atoms with E-state index in [4.69, 9.17) is 11.6 Å². The van der Waals surface area contributed by atoms with Crippen molar-refractivity contribution in [2.24, 2.45) is 0 Å². The van der Waals surface area contributed by atoms with Crippen molar-refractivity contribution in [2.45, 2.75) is 22.6 Å². The maximum atomic E-state index is 12.8. The van der Waals surface area contributed by atoms with Gasteiger partial charge in [0.25, 0.3) is 0 Å². The number of hydrogen-bond donors (Lipinski definition) is 2. The van der Waals surface area contributed by atoms with Crippen molar-refractivity contribution in [1.29, 1.82) is 0 Å². The Morgan fingerprint density at radius 1 is 1.11 bits per heavy atom. The number of halogens is 2. The molecule has 0 aromatic heterocycles. The summed E-state index contributed by atoms with van der Waals surface area (Å²) in [5.41, 5.74) is 0. The van der Waals surface area contributed by atoms with Crippen LogP contribution in [0.5, 0.6) is 0 Å². The number of sulfonamides is 1. The zero-order chi connectivity index (χ0) is 19.7. The van der Waals surface area contributed by atoms with Crippen LogP contribution < -0.4 is 10.0 Å². The van der Waals surface area contributed by atoms with Crippen molar-refractivity contribution in [2.75, 3.05) is 18.8 Å². The van der Waals surface area contributed by atoms with Crippen molar-refractivity contribution in [3.63, 3.8) is 0 Å². The predicted octanol–water partition coefficient (Wildman–Crippen LogP) is 3.45. The second kappa shape index (κ2) is 10.7. The minimum atomic E-state index is -3.69. The zero-order valence-electron chi connectivity index (χ0n) is 14.5. The molecule has 146 valence electrons. The molecular weight excluding hydrogens is 411 g/mol. The van der Waals surface area contributed by atoms with E-state index in [1.807, 2.05) is 0 Å². The summed E-state index contributed by atoms with van der Waals surface area (Å²) >= 11 is 7.37. The standard InChI is InChI=1S/C18H20ClFN2O3S2/c19-14-3-1-4-17(13-14)27(24,25)22-11-9-18(23)21-10-2-12-26-16-7-5-15(20)6-8-16/h1,3-8,13,22H,2,9-12H2,(H,21,23). The zero-order valence-corrected chi connectivity index (χ0v) is 16.8. The van der Waals surface area contributed by atoms with Crippen LogP contribution in [-0.2, 0) is 14.8 Å². The summed E-state index contributed by atoms with van der Waals surface area (Å²) in [7, 11) is -3.69. The van der Waals surface area contributed by atoms with E-state index in [2.05, 4.69) is 10.0 Å². The first-order valence-electron chi connectivity index (χ1n) is 8.27. The third-order valence-electron chi connectivity index (χ3n) is 3.48. The fourth-order valence-electron chi connectivity index (χ4n) is 2.13. The average molecular weight is 431 g/mol. The molecule has 1 amide bonds. The van der Waals surface area contributed by atoms with Crippen LogP contribution >= 0.6 is 23.4 Å².